The molecule has 1 aromatic carbocycles. The Hall–Kier alpha value is -1.02. The Morgan fingerprint density at radius 2 is 1.90 bits per heavy atom. The minimum absolute atomic E-state index is 0.0466. The number of aliphatic hydroxyl groups excluding tert-OH is 1. The molecule has 0 radical (unpaired) electrons. The molecule has 3 aliphatic carbocycles. The molecule has 2 fully saturated rings. The van der Waals surface area contributed by atoms with Gasteiger partial charge >= 0.3 is 0 Å². The van der Waals surface area contributed by atoms with Gasteiger partial charge in [0.2, 0.25) is 0 Å². The topological polar surface area (TPSA) is 40.5 Å². The van der Waals surface area contributed by atoms with E-state index in [0.717, 1.165) is 30.6 Å². The number of benzene rings is 1. The third-order valence-corrected chi connectivity index (χ3v) is 6.69. The second kappa shape index (κ2) is 5.01. The number of hydrogen-bond donors (Lipinski definition) is 2. The van der Waals surface area contributed by atoms with Gasteiger partial charge in [0.1, 0.15) is 5.75 Å². The minimum atomic E-state index is -0.0466. The molecule has 2 N–H and O–H groups in total. The van der Waals surface area contributed by atoms with Gasteiger partial charge in [-0.25, -0.2) is 0 Å². The van der Waals surface area contributed by atoms with Crippen LogP contribution in [-0.2, 0) is 6.42 Å². The molecule has 21 heavy (non-hydrogen) atoms. The largest absolute Gasteiger partial charge is 0.508 e. The van der Waals surface area contributed by atoms with E-state index in [4.69, 9.17) is 0 Å². The Bertz CT molecular complexity index is 538. The molecule has 0 saturated heterocycles. The van der Waals surface area contributed by atoms with Crippen LogP contribution < -0.4 is 0 Å². The van der Waals surface area contributed by atoms with Crippen LogP contribution >= 0.6 is 0 Å². The van der Waals surface area contributed by atoms with E-state index < -0.39 is 0 Å². The van der Waals surface area contributed by atoms with Crippen LogP contribution in [0.15, 0.2) is 18.2 Å². The maximum atomic E-state index is 10.3. The van der Waals surface area contributed by atoms with Crippen molar-refractivity contribution < 1.29 is 10.2 Å². The van der Waals surface area contributed by atoms with Crippen molar-refractivity contribution >= 4 is 0 Å². The van der Waals surface area contributed by atoms with Gasteiger partial charge in [0.05, 0.1) is 6.10 Å². The molecule has 0 bridgehead atoms. The summed E-state index contributed by atoms with van der Waals surface area (Å²) in [7, 11) is 0. The van der Waals surface area contributed by atoms with Gasteiger partial charge in [-0.15, -0.1) is 0 Å². The van der Waals surface area contributed by atoms with Crippen molar-refractivity contribution in [2.24, 2.45) is 23.7 Å². The molecule has 2 saturated carbocycles. The van der Waals surface area contributed by atoms with Crippen molar-refractivity contribution in [3.05, 3.63) is 29.3 Å². The molecule has 0 aromatic heterocycles. The Kier molecular flexibility index (Phi) is 3.25. The maximum absolute atomic E-state index is 10.3. The minimum Gasteiger partial charge on any atom is -0.508 e. The van der Waals surface area contributed by atoms with E-state index in [1.54, 1.807) is 0 Å². The molecule has 0 amide bonds. The monoisotopic (exact) mass is 286 g/mol. The third kappa shape index (κ3) is 2.03. The zero-order valence-electron chi connectivity index (χ0n) is 12.8. The van der Waals surface area contributed by atoms with E-state index >= 15 is 0 Å². The SMILES string of the molecule is CC[C@H]1Cc2cc(O)ccc2[C@H]2CC[C@@H]3[C@@H](CC[C@H]3O)[C@H]12. The Labute approximate surface area is 127 Å². The predicted molar refractivity (Wildman–Crippen MR) is 83.3 cm³/mol. The van der Waals surface area contributed by atoms with Gasteiger partial charge in [-0.2, -0.15) is 0 Å². The highest BCUT2D eigenvalue weighted by molar-refractivity contribution is 5.40. The summed E-state index contributed by atoms with van der Waals surface area (Å²) in [4.78, 5) is 0. The van der Waals surface area contributed by atoms with Crippen LogP contribution in [0.25, 0.3) is 0 Å². The van der Waals surface area contributed by atoms with Gasteiger partial charge < -0.3 is 10.2 Å². The highest BCUT2D eigenvalue weighted by Crippen LogP contribution is 2.57. The van der Waals surface area contributed by atoms with Gasteiger partial charge in [-0.1, -0.05) is 19.4 Å². The molecule has 0 heterocycles. The normalized spacial score (nSPS) is 41.2. The van der Waals surface area contributed by atoms with E-state index in [1.165, 1.54) is 36.8 Å². The fraction of sp³-hybridized carbons (Fsp3) is 0.684. The van der Waals surface area contributed by atoms with Crippen LogP contribution in [-0.4, -0.2) is 16.3 Å². The molecular weight excluding hydrogens is 260 g/mol. The van der Waals surface area contributed by atoms with E-state index in [-0.39, 0.29) is 6.10 Å². The van der Waals surface area contributed by atoms with Crippen molar-refractivity contribution in [1.82, 2.24) is 0 Å². The third-order valence-electron chi connectivity index (χ3n) is 6.69. The zero-order valence-corrected chi connectivity index (χ0v) is 12.8. The van der Waals surface area contributed by atoms with Crippen LogP contribution in [0.2, 0.25) is 0 Å². The van der Waals surface area contributed by atoms with Crippen LogP contribution in [0.4, 0.5) is 0 Å². The molecule has 0 aliphatic heterocycles. The van der Waals surface area contributed by atoms with Gasteiger partial charge in [-0.05, 0) is 85.0 Å². The van der Waals surface area contributed by atoms with Crippen molar-refractivity contribution in [1.29, 1.82) is 0 Å². The number of fused-ring (bicyclic) bond motifs is 5. The summed E-state index contributed by atoms with van der Waals surface area (Å²) >= 11 is 0. The average molecular weight is 286 g/mol. The van der Waals surface area contributed by atoms with Crippen molar-refractivity contribution in [3.8, 4) is 5.75 Å². The molecule has 4 rings (SSSR count). The summed E-state index contributed by atoms with van der Waals surface area (Å²) in [5.74, 6) is 3.83. The average Bonchev–Trinajstić information content (AvgIpc) is 2.87. The summed E-state index contributed by atoms with van der Waals surface area (Å²) in [6.07, 6.45) is 6.92. The summed E-state index contributed by atoms with van der Waals surface area (Å²) in [6, 6.07) is 6.02. The Morgan fingerprint density at radius 3 is 2.71 bits per heavy atom. The van der Waals surface area contributed by atoms with E-state index in [2.05, 4.69) is 13.0 Å². The number of hydrogen-bond acceptors (Lipinski definition) is 2. The highest BCUT2D eigenvalue weighted by atomic mass is 16.3. The summed E-state index contributed by atoms with van der Waals surface area (Å²) in [5.41, 5.74) is 2.86. The molecule has 1 aromatic rings. The molecular formula is C19H26O2. The predicted octanol–water partition coefficient (Wildman–Crippen LogP) is 3.86. The van der Waals surface area contributed by atoms with Crippen LogP contribution in [0.3, 0.4) is 0 Å². The zero-order chi connectivity index (χ0) is 14.6. The van der Waals surface area contributed by atoms with Gasteiger partial charge in [0, 0.05) is 0 Å². The number of rotatable bonds is 1. The van der Waals surface area contributed by atoms with E-state index in [9.17, 15) is 10.2 Å². The van der Waals surface area contributed by atoms with Crippen LogP contribution in [0, 0.1) is 23.7 Å². The standard InChI is InChI=1S/C19H26O2/c1-2-11-9-12-10-13(20)3-4-14(12)16-6-5-15-17(19(11)16)7-8-18(15)21/h3-4,10-11,15-21H,2,5-9H2,1H3/t11-,15+,16+,17+,18+,19+/m0/s1. The van der Waals surface area contributed by atoms with Gasteiger partial charge in [0.25, 0.3) is 0 Å². The number of aliphatic hydroxyl groups is 1. The lowest BCUT2D eigenvalue weighted by Gasteiger charge is -2.48. The maximum Gasteiger partial charge on any atom is 0.115 e. The molecule has 2 heteroatoms. The molecule has 0 spiro atoms. The second-order valence-electron chi connectivity index (χ2n) is 7.49. The summed E-state index contributed by atoms with van der Waals surface area (Å²) in [5, 5.41) is 20.1. The molecule has 3 aliphatic rings. The van der Waals surface area contributed by atoms with Crippen LogP contribution in [0.1, 0.15) is 56.1 Å². The first kappa shape index (κ1) is 13.6. The molecule has 114 valence electrons. The second-order valence-corrected chi connectivity index (χ2v) is 7.49. The first-order valence-electron chi connectivity index (χ1n) is 8.69. The van der Waals surface area contributed by atoms with Crippen molar-refractivity contribution in [2.45, 2.75) is 57.5 Å². The first-order valence-corrected chi connectivity index (χ1v) is 8.69. The van der Waals surface area contributed by atoms with Gasteiger partial charge in [0.15, 0.2) is 0 Å². The summed E-state index contributed by atoms with van der Waals surface area (Å²) < 4.78 is 0. The summed E-state index contributed by atoms with van der Waals surface area (Å²) in [6.45, 7) is 2.31. The highest BCUT2D eigenvalue weighted by Gasteiger charge is 2.50. The lowest BCUT2D eigenvalue weighted by molar-refractivity contribution is 0.0330. The fourth-order valence-electron chi connectivity index (χ4n) is 5.83. The Morgan fingerprint density at radius 1 is 1.10 bits per heavy atom. The quantitative estimate of drug-likeness (QED) is 0.823. The molecule has 6 atom stereocenters. The Balaban J connectivity index is 1.74. The van der Waals surface area contributed by atoms with E-state index in [0.29, 0.717) is 17.6 Å². The van der Waals surface area contributed by atoms with Gasteiger partial charge in [-0.3, -0.25) is 0 Å². The number of phenols is 1. The first-order chi connectivity index (χ1) is 10.2. The number of phenolic OH excluding ortho intramolecular Hbond substituents is 1. The van der Waals surface area contributed by atoms with Crippen molar-refractivity contribution in [2.75, 3.05) is 0 Å². The number of aromatic hydroxyl groups is 1. The molecule has 0 unspecified atom stereocenters. The lowest BCUT2D eigenvalue weighted by atomic mass is 9.56. The van der Waals surface area contributed by atoms with Crippen LogP contribution in [0.5, 0.6) is 5.75 Å². The van der Waals surface area contributed by atoms with Crippen molar-refractivity contribution in [3.63, 3.8) is 0 Å². The smallest absolute Gasteiger partial charge is 0.115 e. The fourth-order valence-corrected chi connectivity index (χ4v) is 5.83. The lowest BCUT2D eigenvalue weighted by Crippen LogP contribution is -2.41. The molecule has 2 nitrogen and oxygen atoms in total. The van der Waals surface area contributed by atoms with E-state index in [1.807, 2.05) is 12.1 Å².